The van der Waals surface area contributed by atoms with Crippen LogP contribution in [0.1, 0.15) is 10.4 Å². The van der Waals surface area contributed by atoms with E-state index in [1.807, 2.05) is 0 Å². The van der Waals surface area contributed by atoms with Gasteiger partial charge in [-0.2, -0.15) is 8.78 Å². The topological polar surface area (TPSA) is 64.6 Å². The Hall–Kier alpha value is -3.10. The van der Waals surface area contributed by atoms with Crippen LogP contribution in [-0.4, -0.2) is 25.1 Å². The fourth-order valence-electron chi connectivity index (χ4n) is 1.79. The van der Waals surface area contributed by atoms with Crippen molar-refractivity contribution in [2.24, 2.45) is 0 Å². The minimum Gasteiger partial charge on any atom is -0.452 e. The molecule has 5 nitrogen and oxygen atoms in total. The summed E-state index contributed by atoms with van der Waals surface area (Å²) in [5.74, 6) is -3.88. The van der Waals surface area contributed by atoms with E-state index in [1.165, 1.54) is 18.2 Å². The van der Waals surface area contributed by atoms with Crippen LogP contribution in [0.3, 0.4) is 0 Å². The lowest BCUT2D eigenvalue weighted by Crippen LogP contribution is -2.21. The van der Waals surface area contributed by atoms with Crippen molar-refractivity contribution >= 4 is 17.6 Å². The molecule has 0 aliphatic rings. The lowest BCUT2D eigenvalue weighted by atomic mass is 10.2. The Morgan fingerprint density at radius 3 is 2.52 bits per heavy atom. The third-order valence-electron chi connectivity index (χ3n) is 2.83. The first-order valence-corrected chi connectivity index (χ1v) is 6.82. The first kappa shape index (κ1) is 18.2. The second kappa shape index (κ2) is 8.13. The van der Waals surface area contributed by atoms with Gasteiger partial charge in [0, 0.05) is 6.07 Å². The molecule has 0 saturated carbocycles. The zero-order valence-electron chi connectivity index (χ0n) is 12.5. The number of hydrogen-bond donors (Lipinski definition) is 1. The molecule has 25 heavy (non-hydrogen) atoms. The van der Waals surface area contributed by atoms with Crippen molar-refractivity contribution in [2.75, 3.05) is 11.9 Å². The van der Waals surface area contributed by atoms with Crippen LogP contribution >= 0.6 is 0 Å². The lowest BCUT2D eigenvalue weighted by molar-refractivity contribution is -0.119. The predicted molar refractivity (Wildman–Crippen MR) is 78.3 cm³/mol. The van der Waals surface area contributed by atoms with Crippen molar-refractivity contribution in [3.63, 3.8) is 0 Å². The van der Waals surface area contributed by atoms with Gasteiger partial charge in [-0.3, -0.25) is 4.79 Å². The van der Waals surface area contributed by atoms with E-state index in [2.05, 4.69) is 10.1 Å². The van der Waals surface area contributed by atoms with Gasteiger partial charge in [-0.05, 0) is 30.3 Å². The highest BCUT2D eigenvalue weighted by molar-refractivity contribution is 5.95. The molecule has 0 aliphatic carbocycles. The number of hydrogen-bond acceptors (Lipinski definition) is 4. The zero-order valence-corrected chi connectivity index (χ0v) is 12.5. The van der Waals surface area contributed by atoms with E-state index >= 15 is 0 Å². The standard InChI is InChI=1S/C16H11F4NO4/c17-10-4-5-13(12(18)7-10)21-14(22)8-24-15(23)9-2-1-3-11(6-9)25-16(19)20/h1-7,16H,8H2,(H,21,22). The summed E-state index contributed by atoms with van der Waals surface area (Å²) in [7, 11) is 0. The molecule has 0 fully saturated rings. The molecule has 1 N–H and O–H groups in total. The van der Waals surface area contributed by atoms with Crippen LogP contribution in [0.2, 0.25) is 0 Å². The molecule has 0 atom stereocenters. The fourth-order valence-corrected chi connectivity index (χ4v) is 1.79. The number of carbonyl (C=O) groups is 2. The summed E-state index contributed by atoms with van der Waals surface area (Å²) in [5.41, 5.74) is -0.395. The Labute approximate surface area is 139 Å². The third kappa shape index (κ3) is 5.48. The van der Waals surface area contributed by atoms with Crippen LogP contribution in [0.5, 0.6) is 5.75 Å². The van der Waals surface area contributed by atoms with Crippen LogP contribution in [0.4, 0.5) is 23.2 Å². The molecule has 2 aromatic carbocycles. The molecule has 0 heterocycles. The molecule has 0 bridgehead atoms. The third-order valence-corrected chi connectivity index (χ3v) is 2.83. The predicted octanol–water partition coefficient (Wildman–Crippen LogP) is 3.36. The minimum absolute atomic E-state index is 0.112. The SMILES string of the molecule is O=C(COC(=O)c1cccc(OC(F)F)c1)Nc1ccc(F)cc1F. The van der Waals surface area contributed by atoms with Crippen molar-refractivity contribution in [3.05, 3.63) is 59.7 Å². The van der Waals surface area contributed by atoms with E-state index in [0.717, 1.165) is 18.2 Å². The van der Waals surface area contributed by atoms with Gasteiger partial charge in [-0.25, -0.2) is 13.6 Å². The largest absolute Gasteiger partial charge is 0.452 e. The summed E-state index contributed by atoms with van der Waals surface area (Å²) >= 11 is 0. The first-order chi connectivity index (χ1) is 11.8. The molecular weight excluding hydrogens is 346 g/mol. The Bertz CT molecular complexity index is 782. The second-order valence-electron chi connectivity index (χ2n) is 4.65. The number of ether oxygens (including phenoxy) is 2. The molecule has 2 aromatic rings. The maximum atomic E-state index is 13.4. The smallest absolute Gasteiger partial charge is 0.387 e. The van der Waals surface area contributed by atoms with Crippen molar-refractivity contribution in [1.29, 1.82) is 0 Å². The normalized spacial score (nSPS) is 10.4. The van der Waals surface area contributed by atoms with Crippen LogP contribution in [0, 0.1) is 11.6 Å². The van der Waals surface area contributed by atoms with Gasteiger partial charge < -0.3 is 14.8 Å². The van der Waals surface area contributed by atoms with Crippen LogP contribution in [0.25, 0.3) is 0 Å². The van der Waals surface area contributed by atoms with Gasteiger partial charge in [0.1, 0.15) is 17.4 Å². The number of alkyl halides is 2. The number of halogens is 4. The Morgan fingerprint density at radius 2 is 1.84 bits per heavy atom. The van der Waals surface area contributed by atoms with Crippen molar-refractivity contribution in [3.8, 4) is 5.75 Å². The fraction of sp³-hybridized carbons (Fsp3) is 0.125. The van der Waals surface area contributed by atoms with Gasteiger partial charge in [0.15, 0.2) is 6.61 Å². The van der Waals surface area contributed by atoms with Crippen LogP contribution in [-0.2, 0) is 9.53 Å². The van der Waals surface area contributed by atoms with Gasteiger partial charge in [-0.1, -0.05) is 6.07 Å². The highest BCUT2D eigenvalue weighted by atomic mass is 19.3. The summed E-state index contributed by atoms with van der Waals surface area (Å²) in [6.45, 7) is -3.81. The Balaban J connectivity index is 1.92. The molecule has 132 valence electrons. The summed E-state index contributed by atoms with van der Waals surface area (Å²) in [4.78, 5) is 23.4. The summed E-state index contributed by atoms with van der Waals surface area (Å²) in [6, 6.07) is 7.34. The van der Waals surface area contributed by atoms with Gasteiger partial charge in [0.25, 0.3) is 5.91 Å². The lowest BCUT2D eigenvalue weighted by Gasteiger charge is -2.08. The summed E-state index contributed by atoms with van der Waals surface area (Å²) < 4.78 is 59.2. The van der Waals surface area contributed by atoms with Crippen molar-refractivity contribution in [2.45, 2.75) is 6.61 Å². The van der Waals surface area contributed by atoms with E-state index < -0.39 is 36.7 Å². The molecular formula is C16H11F4NO4. The highest BCUT2D eigenvalue weighted by Crippen LogP contribution is 2.17. The quantitative estimate of drug-likeness (QED) is 0.636. The Kier molecular flexibility index (Phi) is 5.93. The van der Waals surface area contributed by atoms with Gasteiger partial charge >= 0.3 is 12.6 Å². The molecule has 1 amide bonds. The molecule has 0 saturated heterocycles. The minimum atomic E-state index is -3.05. The van der Waals surface area contributed by atoms with Gasteiger partial charge in [0.05, 0.1) is 11.3 Å². The Morgan fingerprint density at radius 1 is 1.08 bits per heavy atom. The molecule has 0 spiro atoms. The molecule has 9 heteroatoms. The second-order valence-corrected chi connectivity index (χ2v) is 4.65. The number of nitrogens with one attached hydrogen (secondary N) is 1. The number of benzene rings is 2. The maximum Gasteiger partial charge on any atom is 0.387 e. The highest BCUT2D eigenvalue weighted by Gasteiger charge is 2.14. The number of anilines is 1. The van der Waals surface area contributed by atoms with E-state index in [-0.39, 0.29) is 17.0 Å². The molecule has 0 aromatic heterocycles. The average molecular weight is 357 g/mol. The average Bonchev–Trinajstić information content (AvgIpc) is 2.55. The maximum absolute atomic E-state index is 13.4. The molecule has 0 unspecified atom stereocenters. The molecule has 2 rings (SSSR count). The van der Waals surface area contributed by atoms with E-state index in [4.69, 9.17) is 4.74 Å². The first-order valence-electron chi connectivity index (χ1n) is 6.82. The van der Waals surface area contributed by atoms with Gasteiger partial charge in [-0.15, -0.1) is 0 Å². The molecule has 0 aliphatic heterocycles. The number of carbonyl (C=O) groups excluding carboxylic acids is 2. The van der Waals surface area contributed by atoms with Gasteiger partial charge in [0.2, 0.25) is 0 Å². The number of esters is 1. The monoisotopic (exact) mass is 357 g/mol. The number of rotatable bonds is 6. The zero-order chi connectivity index (χ0) is 18.4. The summed E-state index contributed by atoms with van der Waals surface area (Å²) in [5, 5.41) is 2.10. The summed E-state index contributed by atoms with van der Waals surface area (Å²) in [6.07, 6.45) is 0. The number of amides is 1. The van der Waals surface area contributed by atoms with Crippen molar-refractivity contribution < 1.29 is 36.6 Å². The van der Waals surface area contributed by atoms with Crippen LogP contribution in [0.15, 0.2) is 42.5 Å². The van der Waals surface area contributed by atoms with Crippen molar-refractivity contribution in [1.82, 2.24) is 0 Å². The van der Waals surface area contributed by atoms with Crippen LogP contribution < -0.4 is 10.1 Å². The van der Waals surface area contributed by atoms with E-state index in [1.54, 1.807) is 0 Å². The molecule has 0 radical (unpaired) electrons. The van der Waals surface area contributed by atoms with E-state index in [0.29, 0.717) is 6.07 Å². The van der Waals surface area contributed by atoms with E-state index in [9.17, 15) is 27.2 Å².